The van der Waals surface area contributed by atoms with Crippen LogP contribution >= 0.6 is 0 Å². The third-order valence-corrected chi connectivity index (χ3v) is 1.96. The summed E-state index contributed by atoms with van der Waals surface area (Å²) in [6.07, 6.45) is 0. The monoisotopic (exact) mass is 284 g/mol. The van der Waals surface area contributed by atoms with E-state index in [1.54, 1.807) is 6.92 Å². The van der Waals surface area contributed by atoms with Crippen LogP contribution in [0.5, 0.6) is 0 Å². The van der Waals surface area contributed by atoms with E-state index in [0.717, 1.165) is 12.1 Å². The molecule has 0 aromatic heterocycles. The van der Waals surface area contributed by atoms with Gasteiger partial charge in [0.25, 0.3) is 0 Å². The fourth-order valence-corrected chi connectivity index (χ4v) is 1.20. The van der Waals surface area contributed by atoms with E-state index in [1.165, 1.54) is 12.1 Å². The topological polar surface area (TPSA) is 43.4 Å². The summed E-state index contributed by atoms with van der Waals surface area (Å²) in [5, 5.41) is 0. The van der Waals surface area contributed by atoms with Crippen molar-refractivity contribution < 1.29 is 78.7 Å². The number of hydrogen-bond acceptors (Lipinski definition) is 3. The molecule has 0 heterocycles. The predicted octanol–water partition coefficient (Wildman–Crippen LogP) is -0.563. The van der Waals surface area contributed by atoms with E-state index in [2.05, 4.69) is 4.74 Å². The molecule has 3 nitrogen and oxygen atoms in total. The summed E-state index contributed by atoms with van der Waals surface area (Å²) < 4.78 is 41.3. The van der Waals surface area contributed by atoms with Crippen LogP contribution in [0.2, 0.25) is 0 Å². The van der Waals surface area contributed by atoms with E-state index in [9.17, 15) is 22.5 Å². The normalized spacial score (nSPS) is 10.4. The van der Waals surface area contributed by atoms with E-state index in [4.69, 9.17) is 0 Å². The Balaban J connectivity index is 0.00000289. The van der Waals surface area contributed by atoms with E-state index in [-0.39, 0.29) is 63.6 Å². The Kier molecular flexibility index (Phi) is 7.38. The molecule has 1 rings (SSSR count). The van der Waals surface area contributed by atoms with Crippen molar-refractivity contribution in [2.45, 2.75) is 6.92 Å². The Morgan fingerprint density at radius 3 is 2.28 bits per heavy atom. The van der Waals surface area contributed by atoms with Gasteiger partial charge in [-0.25, -0.2) is 4.79 Å². The molecule has 0 fully saturated rings. The number of benzene rings is 1. The SMILES string of the molecule is CCOC(=O)c1cccc(C(=O)[B-](F)(F)F)c1.[K+]. The number of esters is 1. The smallest absolute Gasteiger partial charge is 0.462 e. The number of hydrogen-bond donors (Lipinski definition) is 0. The average Bonchev–Trinajstić information content (AvgIpc) is 2.27. The molecule has 0 aliphatic rings. The number of halogens is 3. The third-order valence-electron chi connectivity index (χ3n) is 1.96. The number of carbonyl (C=O) groups is 2. The maximum Gasteiger partial charge on any atom is 1.00 e. The summed E-state index contributed by atoms with van der Waals surface area (Å²) in [6.45, 7) is -3.90. The van der Waals surface area contributed by atoms with Crippen molar-refractivity contribution in [3.8, 4) is 0 Å². The fraction of sp³-hybridized carbons (Fsp3) is 0.200. The molecular weight excluding hydrogens is 275 g/mol. The molecule has 1 aromatic carbocycles. The summed E-state index contributed by atoms with van der Waals surface area (Å²) in [5.74, 6) is -0.753. The zero-order valence-electron chi connectivity index (χ0n) is 9.95. The Morgan fingerprint density at radius 2 is 1.78 bits per heavy atom. The van der Waals surface area contributed by atoms with E-state index in [0.29, 0.717) is 0 Å². The summed E-state index contributed by atoms with van der Waals surface area (Å²) >= 11 is 0. The minimum Gasteiger partial charge on any atom is -0.462 e. The van der Waals surface area contributed by atoms with Gasteiger partial charge in [-0.1, -0.05) is 12.1 Å². The summed E-state index contributed by atoms with van der Waals surface area (Å²) in [5.41, 5.74) is -2.54. The molecule has 0 unspecified atom stereocenters. The van der Waals surface area contributed by atoms with Crippen LogP contribution in [0.25, 0.3) is 0 Å². The zero-order valence-corrected chi connectivity index (χ0v) is 13.1. The average molecular weight is 284 g/mol. The summed E-state index contributed by atoms with van der Waals surface area (Å²) in [6, 6.07) is 4.40. The Bertz CT molecular complexity index is 448. The van der Waals surface area contributed by atoms with Gasteiger partial charge in [-0.2, -0.15) is 0 Å². The second-order valence-electron chi connectivity index (χ2n) is 3.24. The Hall–Kier alpha value is -0.149. The van der Waals surface area contributed by atoms with E-state index >= 15 is 0 Å². The van der Waals surface area contributed by atoms with Crippen molar-refractivity contribution in [1.29, 1.82) is 0 Å². The number of ether oxygens (including phenoxy) is 1. The van der Waals surface area contributed by atoms with Crippen molar-refractivity contribution in [3.63, 3.8) is 0 Å². The predicted molar refractivity (Wildman–Crippen MR) is 55.8 cm³/mol. The zero-order chi connectivity index (χ0) is 13.1. The summed E-state index contributed by atoms with van der Waals surface area (Å²) in [7, 11) is 0. The standard InChI is InChI=1S/C10H9BF3O3.K/c1-2-17-10(16)8-5-3-4-7(6-8)9(15)11(12,13)14;/h3-6H,2H2,1H3;/q-1;+1. The van der Waals surface area contributed by atoms with Crippen molar-refractivity contribution in [2.24, 2.45) is 0 Å². The van der Waals surface area contributed by atoms with Crippen molar-refractivity contribution >= 4 is 18.6 Å². The van der Waals surface area contributed by atoms with Crippen LogP contribution in [0.3, 0.4) is 0 Å². The van der Waals surface area contributed by atoms with Crippen molar-refractivity contribution in [1.82, 2.24) is 0 Å². The molecule has 0 aliphatic heterocycles. The first kappa shape index (κ1) is 17.9. The van der Waals surface area contributed by atoms with Gasteiger partial charge < -0.3 is 22.5 Å². The van der Waals surface area contributed by atoms with Crippen LogP contribution in [-0.2, 0) is 4.74 Å². The first-order chi connectivity index (χ1) is 7.86. The van der Waals surface area contributed by atoms with Gasteiger partial charge in [-0.15, -0.1) is 0 Å². The second kappa shape index (κ2) is 7.44. The number of rotatable bonds is 4. The molecule has 0 spiro atoms. The van der Waals surface area contributed by atoms with Gasteiger partial charge in [0.05, 0.1) is 12.2 Å². The number of carbonyl (C=O) groups excluding carboxylic acids is 2. The Labute approximate surface area is 145 Å². The molecule has 0 amide bonds. The Morgan fingerprint density at radius 1 is 1.22 bits per heavy atom. The molecule has 0 aliphatic carbocycles. The molecule has 1 aromatic rings. The van der Waals surface area contributed by atoms with Gasteiger partial charge in [-0.05, 0) is 24.6 Å². The van der Waals surface area contributed by atoms with E-state index in [1.807, 2.05) is 0 Å². The fourth-order valence-electron chi connectivity index (χ4n) is 1.20. The summed E-state index contributed by atoms with van der Waals surface area (Å²) in [4.78, 5) is 22.2. The second-order valence-corrected chi connectivity index (χ2v) is 3.24. The third kappa shape index (κ3) is 4.85. The maximum absolute atomic E-state index is 12.2. The first-order valence-corrected chi connectivity index (χ1v) is 4.87. The van der Waals surface area contributed by atoms with Gasteiger partial charge in [0.15, 0.2) is 0 Å². The minimum atomic E-state index is -5.59. The van der Waals surface area contributed by atoms with Gasteiger partial charge in [0, 0.05) is 0 Å². The molecule has 0 saturated heterocycles. The van der Waals surface area contributed by atoms with Crippen LogP contribution < -0.4 is 51.4 Å². The van der Waals surface area contributed by atoms with Crippen LogP contribution in [0.4, 0.5) is 12.9 Å². The molecule has 92 valence electrons. The van der Waals surface area contributed by atoms with Crippen molar-refractivity contribution in [3.05, 3.63) is 35.4 Å². The van der Waals surface area contributed by atoms with E-state index < -0.39 is 24.2 Å². The van der Waals surface area contributed by atoms with Crippen LogP contribution in [0.1, 0.15) is 27.6 Å². The molecule has 0 radical (unpaired) electrons. The molecule has 0 atom stereocenters. The molecule has 0 saturated carbocycles. The van der Waals surface area contributed by atoms with Crippen LogP contribution in [0, 0.1) is 0 Å². The molecular formula is C10H9BF3KO3. The van der Waals surface area contributed by atoms with Crippen molar-refractivity contribution in [2.75, 3.05) is 6.61 Å². The van der Waals surface area contributed by atoms with Gasteiger partial charge in [-0.3, -0.25) is 0 Å². The molecule has 18 heavy (non-hydrogen) atoms. The van der Waals surface area contributed by atoms with Crippen LogP contribution in [-0.4, -0.2) is 25.2 Å². The van der Waals surface area contributed by atoms with Gasteiger partial charge in [0.2, 0.25) is 0 Å². The largest absolute Gasteiger partial charge is 1.00 e. The minimum absolute atomic E-state index is 0. The van der Waals surface area contributed by atoms with Gasteiger partial charge in [0.1, 0.15) is 5.68 Å². The molecule has 0 bridgehead atoms. The quantitative estimate of drug-likeness (QED) is 0.550. The maximum atomic E-state index is 12.2. The first-order valence-electron chi connectivity index (χ1n) is 4.87. The molecule has 0 N–H and O–H groups in total. The molecule has 8 heteroatoms. The van der Waals surface area contributed by atoms with Crippen LogP contribution in [0.15, 0.2) is 24.3 Å². The van der Waals surface area contributed by atoms with Gasteiger partial charge >= 0.3 is 64.3 Å².